The van der Waals surface area contributed by atoms with Crippen molar-refractivity contribution < 1.29 is 19.4 Å². The molecular weight excluding hydrogens is 390 g/mol. The van der Waals surface area contributed by atoms with Crippen LogP contribution in [0.5, 0.6) is 5.75 Å². The molecule has 5 nitrogen and oxygen atoms in total. The molecule has 6 rings (SSSR count). The van der Waals surface area contributed by atoms with Crippen molar-refractivity contribution in [2.24, 2.45) is 17.3 Å². The van der Waals surface area contributed by atoms with Crippen molar-refractivity contribution in [1.82, 2.24) is 5.32 Å². The molecule has 5 heteroatoms. The maximum atomic E-state index is 12.9. The highest BCUT2D eigenvalue weighted by atomic mass is 16.5. The molecule has 0 aromatic heterocycles. The fourth-order valence-corrected chi connectivity index (χ4v) is 7.17. The average molecular weight is 420 g/mol. The van der Waals surface area contributed by atoms with Gasteiger partial charge in [-0.05, 0) is 91.0 Å². The lowest BCUT2D eigenvalue weighted by atomic mass is 9.43. The lowest BCUT2D eigenvalue weighted by molar-refractivity contribution is -0.0697. The lowest BCUT2D eigenvalue weighted by Crippen LogP contribution is -2.57. The van der Waals surface area contributed by atoms with Crippen molar-refractivity contribution in [1.29, 1.82) is 0 Å². The van der Waals surface area contributed by atoms with Gasteiger partial charge in [-0.2, -0.15) is 0 Å². The Labute approximate surface area is 182 Å². The van der Waals surface area contributed by atoms with Crippen LogP contribution in [0, 0.1) is 17.3 Å². The third kappa shape index (κ3) is 3.50. The molecule has 4 saturated carbocycles. The van der Waals surface area contributed by atoms with Gasteiger partial charge in [-0.25, -0.2) is 4.79 Å². The third-order valence-electron chi connectivity index (χ3n) is 7.91. The van der Waals surface area contributed by atoms with E-state index in [4.69, 9.17) is 4.74 Å². The zero-order valence-electron chi connectivity index (χ0n) is 17.9. The number of hydrogen-bond acceptors (Lipinski definition) is 3. The molecule has 4 aliphatic carbocycles. The number of methoxy groups -OCH3 is 1. The van der Waals surface area contributed by atoms with Crippen LogP contribution in [0.4, 0.5) is 0 Å². The first-order chi connectivity index (χ1) is 14.9. The van der Waals surface area contributed by atoms with Gasteiger partial charge in [0.1, 0.15) is 5.75 Å². The van der Waals surface area contributed by atoms with Crippen LogP contribution in [-0.4, -0.2) is 30.6 Å². The molecule has 0 spiro atoms. The van der Waals surface area contributed by atoms with Gasteiger partial charge in [0.25, 0.3) is 5.91 Å². The molecule has 4 fully saturated rings. The Kier molecular flexibility index (Phi) is 4.80. The summed E-state index contributed by atoms with van der Waals surface area (Å²) in [4.78, 5) is 24.4. The standard InChI is InChI=1S/C26H29NO4/c1-31-20-8-6-19(7-9-20)26-13-17-10-18(14-26)12-25(11-17,15-26)16-27-23(28)21-4-2-3-5-22(21)24(29)30/h2-9,17-18H,10-16H2,1H3,(H,27,28)(H,29,30). The number of rotatable bonds is 6. The Morgan fingerprint density at radius 3 is 2.26 bits per heavy atom. The van der Waals surface area contributed by atoms with Crippen molar-refractivity contribution >= 4 is 11.9 Å². The molecule has 2 aromatic carbocycles. The minimum atomic E-state index is -1.07. The summed E-state index contributed by atoms with van der Waals surface area (Å²) in [6.07, 6.45) is 7.15. The minimum absolute atomic E-state index is 0.0558. The van der Waals surface area contributed by atoms with Crippen LogP contribution in [0.15, 0.2) is 48.5 Å². The fraction of sp³-hybridized carbons (Fsp3) is 0.462. The zero-order valence-corrected chi connectivity index (χ0v) is 17.9. The minimum Gasteiger partial charge on any atom is -0.497 e. The van der Waals surface area contributed by atoms with Crippen LogP contribution in [0.1, 0.15) is 64.8 Å². The molecule has 2 atom stereocenters. The van der Waals surface area contributed by atoms with Crippen molar-refractivity contribution in [2.45, 2.75) is 43.9 Å². The average Bonchev–Trinajstić information content (AvgIpc) is 2.76. The van der Waals surface area contributed by atoms with E-state index in [2.05, 4.69) is 29.6 Å². The highest BCUT2D eigenvalue weighted by Crippen LogP contribution is 2.65. The first kappa shape index (κ1) is 20.1. The normalized spacial score (nSPS) is 30.7. The van der Waals surface area contributed by atoms with E-state index < -0.39 is 5.97 Å². The van der Waals surface area contributed by atoms with Crippen LogP contribution < -0.4 is 10.1 Å². The van der Waals surface area contributed by atoms with Gasteiger partial charge in [-0.15, -0.1) is 0 Å². The predicted molar refractivity (Wildman–Crippen MR) is 118 cm³/mol. The van der Waals surface area contributed by atoms with Crippen LogP contribution >= 0.6 is 0 Å². The Morgan fingerprint density at radius 1 is 1.00 bits per heavy atom. The second kappa shape index (κ2) is 7.40. The number of nitrogens with one attached hydrogen (secondary N) is 1. The summed E-state index contributed by atoms with van der Waals surface area (Å²) in [5.41, 5.74) is 1.97. The van der Waals surface area contributed by atoms with Crippen LogP contribution in [0.2, 0.25) is 0 Å². The molecule has 2 aromatic rings. The Morgan fingerprint density at radius 2 is 1.65 bits per heavy atom. The van der Waals surface area contributed by atoms with Gasteiger partial charge in [0, 0.05) is 6.54 Å². The smallest absolute Gasteiger partial charge is 0.336 e. The quantitative estimate of drug-likeness (QED) is 0.714. The molecule has 31 heavy (non-hydrogen) atoms. The first-order valence-electron chi connectivity index (χ1n) is 11.2. The fourth-order valence-electron chi connectivity index (χ4n) is 7.17. The largest absolute Gasteiger partial charge is 0.497 e. The second-order valence-corrected chi connectivity index (χ2v) is 10.0. The summed E-state index contributed by atoms with van der Waals surface area (Å²) in [6.45, 7) is 0.616. The van der Waals surface area contributed by atoms with E-state index in [0.29, 0.717) is 18.4 Å². The summed E-state index contributed by atoms with van der Waals surface area (Å²) in [6, 6.07) is 15.0. The van der Waals surface area contributed by atoms with Gasteiger partial charge in [-0.1, -0.05) is 24.3 Å². The molecule has 0 aliphatic heterocycles. The van der Waals surface area contributed by atoms with Gasteiger partial charge >= 0.3 is 5.97 Å². The molecule has 2 unspecified atom stereocenters. The molecule has 0 saturated heterocycles. The summed E-state index contributed by atoms with van der Waals surface area (Å²) < 4.78 is 5.35. The summed E-state index contributed by atoms with van der Waals surface area (Å²) in [7, 11) is 1.69. The molecule has 4 aliphatic rings. The van der Waals surface area contributed by atoms with Crippen LogP contribution in [-0.2, 0) is 5.41 Å². The first-order valence-corrected chi connectivity index (χ1v) is 11.2. The second-order valence-electron chi connectivity index (χ2n) is 10.0. The van der Waals surface area contributed by atoms with Gasteiger partial charge < -0.3 is 15.2 Å². The molecular formula is C26H29NO4. The van der Waals surface area contributed by atoms with Crippen molar-refractivity contribution in [3.63, 3.8) is 0 Å². The lowest BCUT2D eigenvalue weighted by Gasteiger charge is -2.62. The Bertz CT molecular complexity index is 998. The topological polar surface area (TPSA) is 75.6 Å². The molecule has 2 N–H and O–H groups in total. The molecule has 0 radical (unpaired) electrons. The van der Waals surface area contributed by atoms with Crippen molar-refractivity contribution in [3.05, 3.63) is 65.2 Å². The van der Waals surface area contributed by atoms with Crippen molar-refractivity contribution in [2.75, 3.05) is 13.7 Å². The van der Waals surface area contributed by atoms with Gasteiger partial charge in [0.05, 0.1) is 18.2 Å². The number of benzene rings is 2. The van der Waals surface area contributed by atoms with Crippen LogP contribution in [0.25, 0.3) is 0 Å². The van der Waals surface area contributed by atoms with Gasteiger partial charge in [0.15, 0.2) is 0 Å². The molecule has 4 bridgehead atoms. The number of carboxylic acid groups (broad SMARTS) is 1. The third-order valence-corrected chi connectivity index (χ3v) is 7.91. The number of carbonyl (C=O) groups is 2. The number of aromatic carboxylic acids is 1. The van der Waals surface area contributed by atoms with E-state index in [1.54, 1.807) is 25.3 Å². The summed E-state index contributed by atoms with van der Waals surface area (Å²) in [5.74, 6) is 0.928. The monoisotopic (exact) mass is 419 g/mol. The maximum absolute atomic E-state index is 12.9. The Hall–Kier alpha value is -2.82. The number of amides is 1. The molecule has 162 valence electrons. The highest BCUT2D eigenvalue weighted by molar-refractivity contribution is 6.04. The highest BCUT2D eigenvalue weighted by Gasteiger charge is 2.58. The van der Waals surface area contributed by atoms with E-state index in [1.807, 2.05) is 0 Å². The summed E-state index contributed by atoms with van der Waals surface area (Å²) >= 11 is 0. The zero-order chi connectivity index (χ0) is 21.6. The number of carboxylic acids is 1. The predicted octanol–water partition coefficient (Wildman–Crippen LogP) is 4.66. The maximum Gasteiger partial charge on any atom is 0.336 e. The van der Waals surface area contributed by atoms with E-state index in [9.17, 15) is 14.7 Å². The SMILES string of the molecule is COc1ccc(C23CC4CC(CC(CNC(=O)c5ccccc5C(=O)O)(C4)C2)C3)cc1. The Balaban J connectivity index is 1.37. The van der Waals surface area contributed by atoms with Gasteiger partial charge in [-0.3, -0.25) is 4.79 Å². The van der Waals surface area contributed by atoms with E-state index >= 15 is 0 Å². The number of carbonyl (C=O) groups excluding carboxylic acids is 1. The molecule has 0 heterocycles. The number of hydrogen-bond donors (Lipinski definition) is 2. The van der Waals surface area contributed by atoms with Gasteiger partial charge in [0.2, 0.25) is 0 Å². The number of ether oxygens (including phenoxy) is 1. The van der Waals surface area contributed by atoms with Crippen molar-refractivity contribution in [3.8, 4) is 5.75 Å². The van der Waals surface area contributed by atoms with E-state index in [-0.39, 0.29) is 27.9 Å². The molecule has 1 amide bonds. The van der Waals surface area contributed by atoms with E-state index in [0.717, 1.165) is 25.0 Å². The van der Waals surface area contributed by atoms with E-state index in [1.165, 1.54) is 30.9 Å². The van der Waals surface area contributed by atoms with Crippen LogP contribution in [0.3, 0.4) is 0 Å². The summed E-state index contributed by atoms with van der Waals surface area (Å²) in [5, 5.41) is 12.5.